The van der Waals surface area contributed by atoms with E-state index in [4.69, 9.17) is 5.11 Å². The highest BCUT2D eigenvalue weighted by molar-refractivity contribution is 9.10. The minimum Gasteiger partial charge on any atom is -0.465 e. The second kappa shape index (κ2) is 7.13. The Morgan fingerprint density at radius 2 is 2.13 bits per heavy atom. The normalized spacial score (nSPS) is 10.4. The summed E-state index contributed by atoms with van der Waals surface area (Å²) in [7, 11) is 0. The van der Waals surface area contributed by atoms with E-state index in [1.807, 2.05) is 5.32 Å². The molecule has 2 aromatic heterocycles. The summed E-state index contributed by atoms with van der Waals surface area (Å²) in [6.45, 7) is -1.13. The number of hydrogen-bond donors (Lipinski definition) is 2. The molecule has 1 amide bonds. The van der Waals surface area contributed by atoms with Crippen LogP contribution < -0.4 is 11.0 Å². The zero-order valence-corrected chi connectivity index (χ0v) is 13.0. The molecule has 122 valence electrons. The molecule has 8 nitrogen and oxygen atoms in total. The first-order chi connectivity index (χ1) is 10.9. The van der Waals surface area contributed by atoms with Gasteiger partial charge in [-0.2, -0.15) is 13.9 Å². The standard InChI is InChI=1S/C12H10BrF2N5O3/c13-9-2-1-8(4-16-9)19-6-18-20(12(19)23)5-7(10(14)15)3-17-11(21)22/h1-2,4,6,17H,3,5H2,(H,21,22). The second-order valence-electron chi connectivity index (χ2n) is 4.30. The van der Waals surface area contributed by atoms with Gasteiger partial charge in [-0.1, -0.05) is 0 Å². The number of hydrogen-bond acceptors (Lipinski definition) is 4. The summed E-state index contributed by atoms with van der Waals surface area (Å²) in [5.41, 5.74) is -0.781. The Morgan fingerprint density at radius 1 is 1.39 bits per heavy atom. The molecule has 0 aliphatic heterocycles. The van der Waals surface area contributed by atoms with E-state index >= 15 is 0 Å². The van der Waals surface area contributed by atoms with Crippen molar-refractivity contribution in [2.75, 3.05) is 6.54 Å². The monoisotopic (exact) mass is 389 g/mol. The number of aromatic nitrogens is 4. The summed E-state index contributed by atoms with van der Waals surface area (Å²) in [5, 5.41) is 14.0. The van der Waals surface area contributed by atoms with E-state index in [0.29, 0.717) is 10.3 Å². The van der Waals surface area contributed by atoms with Crippen molar-refractivity contribution in [1.29, 1.82) is 0 Å². The van der Waals surface area contributed by atoms with Gasteiger partial charge in [-0.05, 0) is 28.1 Å². The highest BCUT2D eigenvalue weighted by Crippen LogP contribution is 2.10. The van der Waals surface area contributed by atoms with Crippen molar-refractivity contribution in [2.24, 2.45) is 0 Å². The van der Waals surface area contributed by atoms with Crippen LogP contribution in [0.5, 0.6) is 0 Å². The van der Waals surface area contributed by atoms with Gasteiger partial charge in [0.25, 0.3) is 6.08 Å². The van der Waals surface area contributed by atoms with Crippen molar-refractivity contribution in [3.8, 4) is 5.69 Å². The lowest BCUT2D eigenvalue weighted by molar-refractivity contribution is 0.195. The Labute approximate surface area is 136 Å². The van der Waals surface area contributed by atoms with Crippen molar-refractivity contribution in [3.05, 3.63) is 51.4 Å². The average Bonchev–Trinajstić information content (AvgIpc) is 2.85. The zero-order chi connectivity index (χ0) is 17.0. The lowest BCUT2D eigenvalue weighted by Crippen LogP contribution is -2.29. The number of amides is 1. The lowest BCUT2D eigenvalue weighted by Gasteiger charge is -2.05. The number of carbonyl (C=O) groups is 1. The molecule has 0 aliphatic carbocycles. The van der Waals surface area contributed by atoms with Crippen LogP contribution in [0.25, 0.3) is 5.69 Å². The maximum absolute atomic E-state index is 12.8. The number of halogens is 3. The van der Waals surface area contributed by atoms with Gasteiger partial charge < -0.3 is 10.4 Å². The molecule has 2 heterocycles. The van der Waals surface area contributed by atoms with Crippen molar-refractivity contribution in [3.63, 3.8) is 0 Å². The van der Waals surface area contributed by atoms with Crippen LogP contribution in [0.2, 0.25) is 0 Å². The van der Waals surface area contributed by atoms with Crippen LogP contribution in [-0.2, 0) is 6.54 Å². The second-order valence-corrected chi connectivity index (χ2v) is 5.12. The minimum atomic E-state index is -2.06. The summed E-state index contributed by atoms with van der Waals surface area (Å²) >= 11 is 3.16. The third-order valence-corrected chi connectivity index (χ3v) is 3.25. The van der Waals surface area contributed by atoms with Gasteiger partial charge in [0.2, 0.25) is 0 Å². The highest BCUT2D eigenvalue weighted by Gasteiger charge is 2.13. The van der Waals surface area contributed by atoms with E-state index < -0.39 is 36.5 Å². The molecule has 0 aromatic carbocycles. The highest BCUT2D eigenvalue weighted by atomic mass is 79.9. The Hall–Kier alpha value is -2.56. The van der Waals surface area contributed by atoms with Crippen LogP contribution in [0, 0.1) is 0 Å². The fourth-order valence-electron chi connectivity index (χ4n) is 1.68. The molecule has 0 unspecified atom stereocenters. The van der Waals surface area contributed by atoms with Crippen LogP contribution in [0.1, 0.15) is 0 Å². The molecule has 0 atom stereocenters. The number of rotatable bonds is 5. The maximum Gasteiger partial charge on any atom is 0.404 e. The number of nitrogens with one attached hydrogen (secondary N) is 1. The fraction of sp³-hybridized carbons (Fsp3) is 0.167. The summed E-state index contributed by atoms with van der Waals surface area (Å²) in [6.07, 6.45) is -0.921. The van der Waals surface area contributed by atoms with E-state index in [1.54, 1.807) is 12.1 Å². The Kier molecular flexibility index (Phi) is 5.21. The topological polar surface area (TPSA) is 102 Å². The summed E-state index contributed by atoms with van der Waals surface area (Å²) in [4.78, 5) is 26.5. The van der Waals surface area contributed by atoms with Crippen molar-refractivity contribution < 1.29 is 18.7 Å². The van der Waals surface area contributed by atoms with Gasteiger partial charge in [-0.15, -0.1) is 0 Å². The number of carboxylic acid groups (broad SMARTS) is 1. The summed E-state index contributed by atoms with van der Waals surface area (Å²) in [5.74, 6) is 0. The van der Waals surface area contributed by atoms with E-state index in [2.05, 4.69) is 26.0 Å². The Balaban J connectivity index is 2.25. The summed E-state index contributed by atoms with van der Waals surface area (Å²) in [6, 6.07) is 3.21. The molecule has 0 aliphatic rings. The van der Waals surface area contributed by atoms with Crippen LogP contribution in [0.4, 0.5) is 13.6 Å². The van der Waals surface area contributed by atoms with Crippen molar-refractivity contribution >= 4 is 22.0 Å². The van der Waals surface area contributed by atoms with Crippen LogP contribution in [-0.4, -0.2) is 37.1 Å². The van der Waals surface area contributed by atoms with Crippen LogP contribution in [0.3, 0.4) is 0 Å². The fourth-order valence-corrected chi connectivity index (χ4v) is 1.91. The minimum absolute atomic E-state index is 0.416. The number of pyridine rings is 1. The Bertz CT molecular complexity index is 796. The van der Waals surface area contributed by atoms with Gasteiger partial charge in [-0.25, -0.2) is 23.8 Å². The van der Waals surface area contributed by atoms with Crippen LogP contribution in [0.15, 0.2) is 45.7 Å². The SMILES string of the molecule is O=C(O)NCC(Cn1ncn(-c2ccc(Br)nc2)c1=O)=C(F)F. The first kappa shape index (κ1) is 16.8. The zero-order valence-electron chi connectivity index (χ0n) is 11.4. The molecular formula is C12H10BrF2N5O3. The molecule has 2 rings (SSSR count). The average molecular weight is 390 g/mol. The first-order valence-electron chi connectivity index (χ1n) is 6.14. The molecule has 23 heavy (non-hydrogen) atoms. The third-order valence-electron chi connectivity index (χ3n) is 2.78. The van der Waals surface area contributed by atoms with Gasteiger partial charge >= 0.3 is 11.8 Å². The molecule has 0 saturated heterocycles. The van der Waals surface area contributed by atoms with Gasteiger partial charge in [0.15, 0.2) is 0 Å². The lowest BCUT2D eigenvalue weighted by atomic mass is 10.3. The molecule has 0 spiro atoms. The molecule has 0 radical (unpaired) electrons. The van der Waals surface area contributed by atoms with E-state index in [1.165, 1.54) is 12.5 Å². The number of nitrogens with zero attached hydrogens (tertiary/aromatic N) is 4. The predicted octanol–water partition coefficient (Wildman–Crippen LogP) is 1.61. The molecule has 0 fully saturated rings. The molecule has 0 saturated carbocycles. The molecule has 2 N–H and O–H groups in total. The largest absolute Gasteiger partial charge is 0.465 e. The summed E-state index contributed by atoms with van der Waals surface area (Å²) < 4.78 is 28.2. The van der Waals surface area contributed by atoms with Crippen LogP contribution >= 0.6 is 15.9 Å². The Morgan fingerprint density at radius 3 is 2.70 bits per heavy atom. The molecule has 2 aromatic rings. The van der Waals surface area contributed by atoms with Gasteiger partial charge in [0.1, 0.15) is 10.9 Å². The van der Waals surface area contributed by atoms with E-state index in [-0.39, 0.29) is 0 Å². The van der Waals surface area contributed by atoms with Crippen molar-refractivity contribution in [2.45, 2.75) is 6.54 Å². The molecule has 0 bridgehead atoms. The molecular weight excluding hydrogens is 380 g/mol. The molecule has 11 heteroatoms. The smallest absolute Gasteiger partial charge is 0.404 e. The van der Waals surface area contributed by atoms with E-state index in [0.717, 1.165) is 9.25 Å². The van der Waals surface area contributed by atoms with Crippen molar-refractivity contribution in [1.82, 2.24) is 24.6 Å². The maximum atomic E-state index is 12.8. The van der Waals surface area contributed by atoms with Gasteiger partial charge in [-0.3, -0.25) is 0 Å². The van der Waals surface area contributed by atoms with E-state index in [9.17, 15) is 18.4 Å². The third kappa shape index (κ3) is 4.22. The first-order valence-corrected chi connectivity index (χ1v) is 6.94. The van der Waals surface area contributed by atoms with Gasteiger partial charge in [0, 0.05) is 12.1 Å². The van der Waals surface area contributed by atoms with Gasteiger partial charge in [0.05, 0.1) is 18.4 Å². The quantitative estimate of drug-likeness (QED) is 0.756. The predicted molar refractivity (Wildman–Crippen MR) is 78.6 cm³/mol.